The molecule has 0 bridgehead atoms. The van der Waals surface area contributed by atoms with E-state index in [1.165, 1.54) is 0 Å². The van der Waals surface area contributed by atoms with Crippen LogP contribution in [0.5, 0.6) is 0 Å². The third-order valence-electron chi connectivity index (χ3n) is 4.30. The lowest BCUT2D eigenvalue weighted by Gasteiger charge is -2.36. The molecule has 132 valence electrons. The molecule has 1 heterocycles. The Balaban J connectivity index is 1.44. The van der Waals surface area contributed by atoms with Gasteiger partial charge in [-0.1, -0.05) is 35.3 Å². The number of hydrogen-bond donors (Lipinski definition) is 1. The van der Waals surface area contributed by atoms with Crippen LogP contribution in [0.25, 0.3) is 0 Å². The summed E-state index contributed by atoms with van der Waals surface area (Å²) in [5.41, 5.74) is 2.05. The van der Waals surface area contributed by atoms with E-state index in [4.69, 9.17) is 23.2 Å². The first-order valence-corrected chi connectivity index (χ1v) is 9.15. The van der Waals surface area contributed by atoms with Crippen molar-refractivity contribution in [1.29, 1.82) is 0 Å². The minimum absolute atomic E-state index is 0.181. The molecule has 2 aromatic carbocycles. The number of rotatable bonds is 5. The van der Waals surface area contributed by atoms with Crippen molar-refractivity contribution in [2.75, 3.05) is 42.9 Å². The molecule has 25 heavy (non-hydrogen) atoms. The molecule has 1 aliphatic heterocycles. The second kappa shape index (κ2) is 8.45. The summed E-state index contributed by atoms with van der Waals surface area (Å²) in [7, 11) is 0. The minimum atomic E-state index is 0.181. The second-order valence-corrected chi connectivity index (χ2v) is 6.91. The highest BCUT2D eigenvalue weighted by atomic mass is 35.5. The van der Waals surface area contributed by atoms with Gasteiger partial charge in [-0.25, -0.2) is 0 Å². The van der Waals surface area contributed by atoms with E-state index in [1.54, 1.807) is 0 Å². The molecule has 0 aromatic heterocycles. The maximum Gasteiger partial charge on any atom is 0.224 e. The van der Waals surface area contributed by atoms with Crippen molar-refractivity contribution in [1.82, 2.24) is 4.90 Å². The Morgan fingerprint density at radius 1 is 0.960 bits per heavy atom. The Morgan fingerprint density at radius 2 is 1.64 bits per heavy atom. The molecule has 0 unspecified atom stereocenters. The zero-order chi connectivity index (χ0) is 17.6. The second-order valence-electron chi connectivity index (χ2n) is 6.03. The molecule has 0 saturated carbocycles. The van der Waals surface area contributed by atoms with Crippen molar-refractivity contribution in [3.63, 3.8) is 0 Å². The van der Waals surface area contributed by atoms with Crippen LogP contribution in [0.3, 0.4) is 0 Å². The van der Waals surface area contributed by atoms with Gasteiger partial charge in [0.05, 0.1) is 0 Å². The quantitative estimate of drug-likeness (QED) is 0.849. The predicted molar refractivity (Wildman–Crippen MR) is 105 cm³/mol. The normalized spacial score (nSPS) is 14.5. The van der Waals surface area contributed by atoms with Crippen molar-refractivity contribution in [3.05, 3.63) is 58.6 Å². The zero-order valence-corrected chi connectivity index (χ0v) is 15.4. The van der Waals surface area contributed by atoms with Crippen LogP contribution in [0.1, 0.15) is 6.42 Å². The molecule has 1 saturated heterocycles. The number of nitrogens with one attached hydrogen (secondary N) is 1. The van der Waals surface area contributed by atoms with Gasteiger partial charge in [-0.3, -0.25) is 4.79 Å². The lowest BCUT2D eigenvalue weighted by molar-refractivity contribution is -0.131. The summed E-state index contributed by atoms with van der Waals surface area (Å²) in [4.78, 5) is 16.6. The topological polar surface area (TPSA) is 35.6 Å². The lowest BCUT2D eigenvalue weighted by atomic mass is 10.2. The van der Waals surface area contributed by atoms with Gasteiger partial charge in [0.2, 0.25) is 5.91 Å². The van der Waals surface area contributed by atoms with Gasteiger partial charge >= 0.3 is 0 Å². The van der Waals surface area contributed by atoms with Crippen molar-refractivity contribution < 1.29 is 4.79 Å². The Bertz CT molecular complexity index is 730. The van der Waals surface area contributed by atoms with Crippen LogP contribution in [0.15, 0.2) is 48.5 Å². The van der Waals surface area contributed by atoms with Crippen molar-refractivity contribution in [2.24, 2.45) is 0 Å². The number of carbonyl (C=O) groups excluding carboxylic acids is 1. The molecule has 0 spiro atoms. The third kappa shape index (κ3) is 5.03. The number of benzene rings is 2. The van der Waals surface area contributed by atoms with Gasteiger partial charge in [0, 0.05) is 60.6 Å². The van der Waals surface area contributed by atoms with Gasteiger partial charge in [0.1, 0.15) is 0 Å². The number of halogens is 2. The summed E-state index contributed by atoms with van der Waals surface area (Å²) in [6.45, 7) is 3.74. The Kier molecular flexibility index (Phi) is 6.05. The number of anilines is 2. The number of piperazine rings is 1. The van der Waals surface area contributed by atoms with Crippen LogP contribution in [0.2, 0.25) is 10.0 Å². The SMILES string of the molecule is O=C(CCNc1cccc(Cl)c1)N1CCN(c2cccc(Cl)c2)CC1. The Hall–Kier alpha value is -1.91. The number of hydrogen-bond acceptors (Lipinski definition) is 3. The Morgan fingerprint density at radius 3 is 2.32 bits per heavy atom. The average Bonchev–Trinajstić information content (AvgIpc) is 2.62. The molecule has 0 radical (unpaired) electrons. The van der Waals surface area contributed by atoms with Crippen molar-refractivity contribution >= 4 is 40.5 Å². The lowest BCUT2D eigenvalue weighted by Crippen LogP contribution is -2.49. The first-order valence-electron chi connectivity index (χ1n) is 8.39. The summed E-state index contributed by atoms with van der Waals surface area (Å²) in [5, 5.41) is 4.67. The van der Waals surface area contributed by atoms with Gasteiger partial charge in [-0.2, -0.15) is 0 Å². The molecular weight excluding hydrogens is 357 g/mol. The van der Waals surface area contributed by atoms with E-state index in [9.17, 15) is 4.79 Å². The highest BCUT2D eigenvalue weighted by molar-refractivity contribution is 6.31. The summed E-state index contributed by atoms with van der Waals surface area (Å²) < 4.78 is 0. The van der Waals surface area contributed by atoms with Crippen LogP contribution in [-0.4, -0.2) is 43.5 Å². The molecule has 0 atom stereocenters. The van der Waals surface area contributed by atoms with Gasteiger partial charge in [0.15, 0.2) is 0 Å². The first kappa shape index (κ1) is 17.9. The highest BCUT2D eigenvalue weighted by Crippen LogP contribution is 2.21. The van der Waals surface area contributed by atoms with Crippen LogP contribution >= 0.6 is 23.2 Å². The average molecular weight is 378 g/mol. The number of amides is 1. The largest absolute Gasteiger partial charge is 0.384 e. The minimum Gasteiger partial charge on any atom is -0.384 e. The first-order chi connectivity index (χ1) is 12.1. The van der Waals surface area contributed by atoms with Crippen LogP contribution in [0, 0.1) is 0 Å². The summed E-state index contributed by atoms with van der Waals surface area (Å²) in [6.07, 6.45) is 0.476. The van der Waals surface area contributed by atoms with E-state index in [-0.39, 0.29) is 5.91 Å². The van der Waals surface area contributed by atoms with Gasteiger partial charge in [-0.15, -0.1) is 0 Å². The van der Waals surface area contributed by atoms with Crippen LogP contribution in [0.4, 0.5) is 11.4 Å². The van der Waals surface area contributed by atoms with E-state index < -0.39 is 0 Å². The molecule has 3 rings (SSSR count). The summed E-state index contributed by atoms with van der Waals surface area (Å²) in [6, 6.07) is 15.4. The maximum atomic E-state index is 12.4. The van der Waals surface area contributed by atoms with E-state index in [1.807, 2.05) is 47.4 Å². The standard InChI is InChI=1S/C19H21Cl2N3O/c20-15-3-1-5-17(13-15)22-8-7-19(25)24-11-9-23(10-12-24)18-6-2-4-16(21)14-18/h1-6,13-14,22H,7-12H2. The van der Waals surface area contributed by atoms with Crippen LogP contribution < -0.4 is 10.2 Å². The third-order valence-corrected chi connectivity index (χ3v) is 4.77. The smallest absolute Gasteiger partial charge is 0.224 e. The van der Waals surface area contributed by atoms with E-state index in [0.717, 1.165) is 42.6 Å². The van der Waals surface area contributed by atoms with Crippen molar-refractivity contribution in [2.45, 2.75) is 6.42 Å². The molecule has 6 heteroatoms. The van der Waals surface area contributed by atoms with Crippen molar-refractivity contribution in [3.8, 4) is 0 Å². The van der Waals surface area contributed by atoms with Gasteiger partial charge in [-0.05, 0) is 36.4 Å². The molecule has 0 aliphatic carbocycles. The van der Waals surface area contributed by atoms with Gasteiger partial charge < -0.3 is 15.1 Å². The van der Waals surface area contributed by atoms with E-state index >= 15 is 0 Å². The zero-order valence-electron chi connectivity index (χ0n) is 13.9. The fourth-order valence-corrected chi connectivity index (χ4v) is 3.33. The number of carbonyl (C=O) groups is 1. The molecular formula is C19H21Cl2N3O. The summed E-state index contributed by atoms with van der Waals surface area (Å²) in [5.74, 6) is 0.181. The van der Waals surface area contributed by atoms with Gasteiger partial charge in [0.25, 0.3) is 0 Å². The fourth-order valence-electron chi connectivity index (χ4n) is 2.96. The number of nitrogens with zero attached hydrogens (tertiary/aromatic N) is 2. The Labute approximate surface area is 158 Å². The summed E-state index contributed by atoms with van der Waals surface area (Å²) >= 11 is 12.0. The molecule has 1 amide bonds. The monoisotopic (exact) mass is 377 g/mol. The molecule has 1 fully saturated rings. The predicted octanol–water partition coefficient (Wildman–Crippen LogP) is 4.14. The van der Waals surface area contributed by atoms with E-state index in [2.05, 4.69) is 16.3 Å². The van der Waals surface area contributed by atoms with Crippen LogP contribution in [-0.2, 0) is 4.79 Å². The van der Waals surface area contributed by atoms with E-state index in [0.29, 0.717) is 18.0 Å². The highest BCUT2D eigenvalue weighted by Gasteiger charge is 2.21. The molecule has 1 N–H and O–H groups in total. The molecule has 1 aliphatic rings. The maximum absolute atomic E-state index is 12.4. The fraction of sp³-hybridized carbons (Fsp3) is 0.316. The molecule has 2 aromatic rings. The molecule has 4 nitrogen and oxygen atoms in total.